The number of fused-ring (bicyclic) bond motifs is 1. The van der Waals surface area contributed by atoms with Crippen LogP contribution in [0.15, 0.2) is 18.2 Å². The van der Waals surface area contributed by atoms with Crippen LogP contribution in [-0.2, 0) is 17.9 Å². The predicted octanol–water partition coefficient (Wildman–Crippen LogP) is 5.06. The van der Waals surface area contributed by atoms with Gasteiger partial charge >= 0.3 is 0 Å². The number of aromatic nitrogens is 1. The van der Waals surface area contributed by atoms with Gasteiger partial charge in [-0.05, 0) is 44.4 Å². The van der Waals surface area contributed by atoms with Crippen molar-refractivity contribution in [1.82, 2.24) is 14.8 Å². The van der Waals surface area contributed by atoms with E-state index in [1.165, 1.54) is 0 Å². The molecule has 0 saturated heterocycles. The lowest BCUT2D eigenvalue weighted by Gasteiger charge is -2.16. The normalized spacial score (nSPS) is 12.3. The Morgan fingerprint density at radius 2 is 1.81 bits per heavy atom. The molecule has 0 aliphatic carbocycles. The predicted molar refractivity (Wildman–Crippen MR) is 131 cm³/mol. The standard InChI is InChI=1S/C17H17Cl2N3O.C7H15NO/c1-3-22-8-14-16(17(22)23)15(12(7-20)9(2)21-14)11-5-4-10(18)6-13(11)19;1-3-5-8(7-9)6-4-2/h4-6H,3,7-8,20H2,1-2H3;7H,3-6H2,1-2H3. The molecule has 2 amide bonds. The van der Waals surface area contributed by atoms with E-state index in [2.05, 4.69) is 18.8 Å². The maximum absolute atomic E-state index is 12.8. The highest BCUT2D eigenvalue weighted by Crippen LogP contribution is 2.39. The number of rotatable bonds is 8. The lowest BCUT2D eigenvalue weighted by molar-refractivity contribution is -0.118. The van der Waals surface area contributed by atoms with Gasteiger partial charge in [0.1, 0.15) is 0 Å². The monoisotopic (exact) mass is 478 g/mol. The number of aryl methyl sites for hydroxylation is 1. The first kappa shape index (κ1) is 26.1. The lowest BCUT2D eigenvalue weighted by atomic mass is 9.93. The average Bonchev–Trinajstić information content (AvgIpc) is 3.08. The van der Waals surface area contributed by atoms with Crippen molar-refractivity contribution in [2.75, 3.05) is 19.6 Å². The number of carbonyl (C=O) groups is 2. The Morgan fingerprint density at radius 3 is 2.31 bits per heavy atom. The van der Waals surface area contributed by atoms with E-state index in [1.54, 1.807) is 21.9 Å². The second-order valence-electron chi connectivity index (χ2n) is 7.66. The van der Waals surface area contributed by atoms with Crippen LogP contribution in [0.4, 0.5) is 0 Å². The molecule has 2 heterocycles. The second kappa shape index (κ2) is 12.2. The quantitative estimate of drug-likeness (QED) is 0.537. The third-order valence-corrected chi connectivity index (χ3v) is 5.93. The number of hydrogen-bond acceptors (Lipinski definition) is 4. The molecule has 0 bridgehead atoms. The molecule has 0 fully saturated rings. The summed E-state index contributed by atoms with van der Waals surface area (Å²) >= 11 is 12.4. The molecule has 1 aromatic carbocycles. The molecule has 1 aromatic heterocycles. The summed E-state index contributed by atoms with van der Waals surface area (Å²) in [5.74, 6) is -0.0225. The fourth-order valence-electron chi connectivity index (χ4n) is 3.84. The van der Waals surface area contributed by atoms with Gasteiger partial charge in [0, 0.05) is 53.0 Å². The molecule has 32 heavy (non-hydrogen) atoms. The van der Waals surface area contributed by atoms with E-state index >= 15 is 0 Å². The molecule has 8 heteroatoms. The molecule has 2 N–H and O–H groups in total. The molecule has 3 rings (SSSR count). The van der Waals surface area contributed by atoms with E-state index in [9.17, 15) is 9.59 Å². The number of nitrogens with zero attached hydrogens (tertiary/aromatic N) is 3. The van der Waals surface area contributed by atoms with Gasteiger partial charge in [0.15, 0.2) is 0 Å². The molecule has 0 atom stereocenters. The zero-order chi connectivity index (χ0) is 23.8. The molecule has 0 unspecified atom stereocenters. The highest BCUT2D eigenvalue weighted by molar-refractivity contribution is 6.36. The van der Waals surface area contributed by atoms with E-state index in [1.807, 2.05) is 19.9 Å². The maximum atomic E-state index is 12.8. The Morgan fingerprint density at radius 1 is 1.16 bits per heavy atom. The third-order valence-electron chi connectivity index (χ3n) is 5.38. The first-order chi connectivity index (χ1) is 15.3. The summed E-state index contributed by atoms with van der Waals surface area (Å²) in [6, 6.07) is 5.28. The summed E-state index contributed by atoms with van der Waals surface area (Å²) in [7, 11) is 0. The van der Waals surface area contributed by atoms with Crippen molar-refractivity contribution in [2.24, 2.45) is 5.73 Å². The van der Waals surface area contributed by atoms with Gasteiger partial charge < -0.3 is 15.5 Å². The Kier molecular flexibility index (Phi) is 9.94. The number of amides is 2. The fourth-order valence-corrected chi connectivity index (χ4v) is 4.35. The van der Waals surface area contributed by atoms with E-state index < -0.39 is 0 Å². The Bertz CT molecular complexity index is 960. The molecular formula is C24H32Cl2N4O2. The molecular weight excluding hydrogens is 447 g/mol. The van der Waals surface area contributed by atoms with E-state index in [0.29, 0.717) is 35.2 Å². The minimum absolute atomic E-state index is 0.0225. The number of pyridine rings is 1. The van der Waals surface area contributed by atoms with Crippen LogP contribution in [0, 0.1) is 6.92 Å². The Balaban J connectivity index is 0.000000344. The second-order valence-corrected chi connectivity index (χ2v) is 8.51. The van der Waals surface area contributed by atoms with E-state index in [-0.39, 0.29) is 5.91 Å². The largest absolute Gasteiger partial charge is 0.345 e. The van der Waals surface area contributed by atoms with Crippen LogP contribution in [0.5, 0.6) is 0 Å². The number of hydrogen-bond donors (Lipinski definition) is 1. The minimum Gasteiger partial charge on any atom is -0.345 e. The van der Waals surface area contributed by atoms with Crippen molar-refractivity contribution in [3.8, 4) is 11.1 Å². The first-order valence-electron chi connectivity index (χ1n) is 11.0. The van der Waals surface area contributed by atoms with Gasteiger partial charge in [-0.3, -0.25) is 14.6 Å². The summed E-state index contributed by atoms with van der Waals surface area (Å²) in [5, 5.41) is 1.06. The van der Waals surface area contributed by atoms with Gasteiger partial charge in [-0.1, -0.05) is 43.1 Å². The minimum atomic E-state index is -0.0225. The van der Waals surface area contributed by atoms with Crippen LogP contribution >= 0.6 is 23.2 Å². The first-order valence-corrected chi connectivity index (χ1v) is 11.7. The third kappa shape index (κ3) is 5.80. The zero-order valence-corrected chi connectivity index (χ0v) is 20.8. The maximum Gasteiger partial charge on any atom is 0.256 e. The highest BCUT2D eigenvalue weighted by atomic mass is 35.5. The van der Waals surface area contributed by atoms with Crippen LogP contribution in [0.25, 0.3) is 11.1 Å². The Hall–Kier alpha value is -2.15. The molecule has 0 saturated carbocycles. The van der Waals surface area contributed by atoms with Crippen LogP contribution in [0.2, 0.25) is 10.0 Å². The van der Waals surface area contributed by atoms with Crippen molar-refractivity contribution in [1.29, 1.82) is 0 Å². The van der Waals surface area contributed by atoms with Crippen molar-refractivity contribution in [3.63, 3.8) is 0 Å². The van der Waals surface area contributed by atoms with Crippen molar-refractivity contribution < 1.29 is 9.59 Å². The molecule has 1 aliphatic heterocycles. The van der Waals surface area contributed by atoms with Crippen molar-refractivity contribution >= 4 is 35.5 Å². The summed E-state index contributed by atoms with van der Waals surface area (Å²) in [5.41, 5.74) is 10.6. The topological polar surface area (TPSA) is 79.5 Å². The van der Waals surface area contributed by atoms with Gasteiger partial charge in [-0.25, -0.2) is 0 Å². The molecule has 0 spiro atoms. The van der Waals surface area contributed by atoms with Crippen LogP contribution in [-0.4, -0.2) is 46.7 Å². The lowest BCUT2D eigenvalue weighted by Crippen LogP contribution is -2.23. The SMILES string of the molecule is CCCN(C=O)CCC.CCN1Cc2nc(C)c(CN)c(-c3ccc(Cl)cc3Cl)c2C1=O. The van der Waals surface area contributed by atoms with Crippen LogP contribution < -0.4 is 5.73 Å². The molecule has 2 aromatic rings. The number of benzene rings is 1. The van der Waals surface area contributed by atoms with Gasteiger partial charge in [-0.15, -0.1) is 0 Å². The zero-order valence-electron chi connectivity index (χ0n) is 19.3. The van der Waals surface area contributed by atoms with Gasteiger partial charge in [0.05, 0.1) is 17.8 Å². The molecule has 6 nitrogen and oxygen atoms in total. The van der Waals surface area contributed by atoms with Crippen molar-refractivity contribution in [2.45, 2.75) is 53.6 Å². The molecule has 174 valence electrons. The molecule has 1 aliphatic rings. The summed E-state index contributed by atoms with van der Waals surface area (Å²) in [4.78, 5) is 31.1. The number of carbonyl (C=O) groups excluding carboxylic acids is 2. The molecule has 0 radical (unpaired) electrons. The number of halogens is 2. The van der Waals surface area contributed by atoms with E-state index in [0.717, 1.165) is 60.4 Å². The summed E-state index contributed by atoms with van der Waals surface area (Å²) in [6.45, 7) is 11.3. The highest BCUT2D eigenvalue weighted by Gasteiger charge is 2.33. The summed E-state index contributed by atoms with van der Waals surface area (Å²) in [6.07, 6.45) is 3.03. The fraction of sp³-hybridized carbons (Fsp3) is 0.458. The van der Waals surface area contributed by atoms with Crippen LogP contribution in [0.3, 0.4) is 0 Å². The number of nitrogens with two attached hydrogens (primary N) is 1. The summed E-state index contributed by atoms with van der Waals surface area (Å²) < 4.78 is 0. The van der Waals surface area contributed by atoms with Crippen molar-refractivity contribution in [3.05, 3.63) is 50.8 Å². The average molecular weight is 479 g/mol. The van der Waals surface area contributed by atoms with Gasteiger partial charge in [0.2, 0.25) is 6.41 Å². The Labute approximate surface area is 200 Å². The van der Waals surface area contributed by atoms with Gasteiger partial charge in [-0.2, -0.15) is 0 Å². The van der Waals surface area contributed by atoms with Gasteiger partial charge in [0.25, 0.3) is 5.91 Å². The smallest absolute Gasteiger partial charge is 0.256 e. The van der Waals surface area contributed by atoms with E-state index in [4.69, 9.17) is 28.9 Å². The van der Waals surface area contributed by atoms with Crippen LogP contribution in [0.1, 0.15) is 60.9 Å².